The zero-order chi connectivity index (χ0) is 25.3. The number of hydrogen-bond acceptors (Lipinski definition) is 8. The third kappa shape index (κ3) is 4.67. The zero-order valence-corrected chi connectivity index (χ0v) is 21.6. The first kappa shape index (κ1) is 26.1. The minimum absolute atomic E-state index is 0.0424. The number of rotatable bonds is 8. The SMILES string of the molecule is COc1ccc(OC)c(S(=O)(=O)N2C[C@@H](C)N(S(=O)(=O)c3cc(OC)ccc3OC)C[C@H]2C)c1. The molecule has 0 aliphatic carbocycles. The molecule has 3 rings (SSSR count). The van der Waals surface area contributed by atoms with Crippen molar-refractivity contribution in [3.8, 4) is 23.0 Å². The molecule has 1 fully saturated rings. The van der Waals surface area contributed by atoms with Crippen molar-refractivity contribution in [3.63, 3.8) is 0 Å². The van der Waals surface area contributed by atoms with Crippen LogP contribution in [0.2, 0.25) is 0 Å². The molecular weight excluding hydrogens is 484 g/mol. The van der Waals surface area contributed by atoms with E-state index in [9.17, 15) is 16.8 Å². The molecule has 10 nitrogen and oxygen atoms in total. The maximum absolute atomic E-state index is 13.6. The zero-order valence-electron chi connectivity index (χ0n) is 20.0. The van der Waals surface area contributed by atoms with Gasteiger partial charge in [-0.15, -0.1) is 0 Å². The molecule has 2 atom stereocenters. The highest BCUT2D eigenvalue weighted by atomic mass is 32.2. The van der Waals surface area contributed by atoms with Crippen LogP contribution in [0.25, 0.3) is 0 Å². The van der Waals surface area contributed by atoms with Crippen LogP contribution in [0.15, 0.2) is 46.2 Å². The van der Waals surface area contributed by atoms with Crippen molar-refractivity contribution in [2.24, 2.45) is 0 Å². The fourth-order valence-electron chi connectivity index (χ4n) is 3.96. The molecule has 0 amide bonds. The van der Waals surface area contributed by atoms with E-state index >= 15 is 0 Å². The molecule has 34 heavy (non-hydrogen) atoms. The van der Waals surface area contributed by atoms with Gasteiger partial charge in [0.15, 0.2) is 0 Å². The first-order valence-electron chi connectivity index (χ1n) is 10.5. The van der Waals surface area contributed by atoms with Crippen molar-refractivity contribution >= 4 is 20.0 Å². The van der Waals surface area contributed by atoms with Crippen molar-refractivity contribution in [2.75, 3.05) is 41.5 Å². The fraction of sp³-hybridized carbons (Fsp3) is 0.455. The Balaban J connectivity index is 1.98. The lowest BCUT2D eigenvalue weighted by atomic mass is 10.2. The Kier molecular flexibility index (Phi) is 7.65. The number of ether oxygens (including phenoxy) is 4. The predicted molar refractivity (Wildman–Crippen MR) is 126 cm³/mol. The third-order valence-corrected chi connectivity index (χ3v) is 9.79. The van der Waals surface area contributed by atoms with E-state index in [1.165, 1.54) is 61.3 Å². The van der Waals surface area contributed by atoms with Crippen LogP contribution in [0.1, 0.15) is 13.8 Å². The van der Waals surface area contributed by atoms with Crippen LogP contribution in [0.4, 0.5) is 0 Å². The monoisotopic (exact) mass is 514 g/mol. The molecule has 1 heterocycles. The molecule has 1 aliphatic rings. The standard InChI is InChI=1S/C22H30N2O8S2/c1-15-13-24(34(27,28)22-12-18(30-4)8-10-20(22)32-6)16(2)14-23(15)33(25,26)21-11-17(29-3)7-9-19(21)31-5/h7-12,15-16H,13-14H2,1-6H3/t15-,16-/m1/s1. The normalized spacial score (nSPS) is 20.1. The molecular formula is C22H30N2O8S2. The number of hydrogen-bond donors (Lipinski definition) is 0. The molecule has 1 saturated heterocycles. The fourth-order valence-corrected chi connectivity index (χ4v) is 7.71. The van der Waals surface area contributed by atoms with Crippen LogP contribution >= 0.6 is 0 Å². The number of sulfonamides is 2. The van der Waals surface area contributed by atoms with Gasteiger partial charge in [-0.2, -0.15) is 8.61 Å². The Hall–Kier alpha value is -2.54. The van der Waals surface area contributed by atoms with E-state index in [4.69, 9.17) is 18.9 Å². The predicted octanol–water partition coefficient (Wildman–Crippen LogP) is 2.19. The Labute approximate surface area is 201 Å². The average molecular weight is 515 g/mol. The molecule has 2 aromatic carbocycles. The van der Waals surface area contributed by atoms with Crippen LogP contribution in [0, 0.1) is 0 Å². The van der Waals surface area contributed by atoms with Gasteiger partial charge in [0.05, 0.1) is 28.4 Å². The molecule has 2 aromatic rings. The first-order valence-corrected chi connectivity index (χ1v) is 13.4. The van der Waals surface area contributed by atoms with Crippen LogP contribution in [0.5, 0.6) is 23.0 Å². The lowest BCUT2D eigenvalue weighted by molar-refractivity contribution is 0.163. The van der Waals surface area contributed by atoms with Crippen LogP contribution in [-0.2, 0) is 20.0 Å². The number of benzene rings is 2. The highest BCUT2D eigenvalue weighted by molar-refractivity contribution is 7.89. The van der Waals surface area contributed by atoms with Crippen molar-refractivity contribution < 1.29 is 35.8 Å². The summed E-state index contributed by atoms with van der Waals surface area (Å²) in [4.78, 5) is -0.0849. The summed E-state index contributed by atoms with van der Waals surface area (Å²) in [5.74, 6) is 1.09. The maximum atomic E-state index is 13.6. The van der Waals surface area contributed by atoms with Gasteiger partial charge in [0.1, 0.15) is 32.8 Å². The highest BCUT2D eigenvalue weighted by Gasteiger charge is 2.43. The minimum Gasteiger partial charge on any atom is -0.497 e. The van der Waals surface area contributed by atoms with Crippen LogP contribution in [0.3, 0.4) is 0 Å². The van der Waals surface area contributed by atoms with Crippen LogP contribution in [-0.4, -0.2) is 79.1 Å². The lowest BCUT2D eigenvalue weighted by Gasteiger charge is -2.42. The molecule has 0 unspecified atom stereocenters. The van der Waals surface area contributed by atoms with Crippen molar-refractivity contribution in [3.05, 3.63) is 36.4 Å². The van der Waals surface area contributed by atoms with Gasteiger partial charge >= 0.3 is 0 Å². The van der Waals surface area contributed by atoms with Gasteiger partial charge in [-0.3, -0.25) is 0 Å². The minimum atomic E-state index is -4.01. The third-order valence-electron chi connectivity index (χ3n) is 5.79. The van der Waals surface area contributed by atoms with E-state index in [1.807, 2.05) is 0 Å². The molecule has 0 saturated carbocycles. The molecule has 0 spiro atoms. The maximum Gasteiger partial charge on any atom is 0.247 e. The molecule has 0 aromatic heterocycles. The first-order chi connectivity index (χ1) is 16.0. The van der Waals surface area contributed by atoms with Gasteiger partial charge in [0.25, 0.3) is 0 Å². The van der Waals surface area contributed by atoms with Crippen molar-refractivity contribution in [1.82, 2.24) is 8.61 Å². The summed E-state index contributed by atoms with van der Waals surface area (Å²) in [5.41, 5.74) is 0. The smallest absolute Gasteiger partial charge is 0.247 e. The Morgan fingerprint density at radius 1 is 0.647 bits per heavy atom. The van der Waals surface area contributed by atoms with Gasteiger partial charge in [-0.05, 0) is 38.1 Å². The number of nitrogens with zero attached hydrogens (tertiary/aromatic N) is 2. The second-order valence-electron chi connectivity index (χ2n) is 7.88. The van der Waals surface area contributed by atoms with Gasteiger partial charge in [-0.1, -0.05) is 0 Å². The summed E-state index contributed by atoms with van der Waals surface area (Å²) < 4.78 is 77.9. The Morgan fingerprint density at radius 2 is 1.00 bits per heavy atom. The number of piperazine rings is 1. The Morgan fingerprint density at radius 3 is 1.29 bits per heavy atom. The molecule has 12 heteroatoms. The summed E-state index contributed by atoms with van der Waals surface area (Å²) >= 11 is 0. The van der Waals surface area contributed by atoms with E-state index in [0.717, 1.165) is 0 Å². The van der Waals surface area contributed by atoms with E-state index in [2.05, 4.69) is 0 Å². The van der Waals surface area contributed by atoms with Crippen LogP contribution < -0.4 is 18.9 Å². The highest BCUT2D eigenvalue weighted by Crippen LogP contribution is 2.36. The Bertz CT molecular complexity index is 1150. The largest absolute Gasteiger partial charge is 0.497 e. The summed E-state index contributed by atoms with van der Waals surface area (Å²) in [5, 5.41) is 0. The second kappa shape index (κ2) is 9.98. The molecule has 0 bridgehead atoms. The second-order valence-corrected chi connectivity index (χ2v) is 11.6. The average Bonchev–Trinajstić information content (AvgIpc) is 2.83. The van der Waals surface area contributed by atoms with Crippen molar-refractivity contribution in [1.29, 1.82) is 0 Å². The van der Waals surface area contributed by atoms with E-state index < -0.39 is 32.1 Å². The van der Waals surface area contributed by atoms with Crippen molar-refractivity contribution in [2.45, 2.75) is 35.7 Å². The van der Waals surface area contributed by atoms with Gasteiger partial charge in [-0.25, -0.2) is 16.8 Å². The molecule has 188 valence electrons. The summed E-state index contributed by atoms with van der Waals surface area (Å²) in [7, 11) is -2.37. The molecule has 0 radical (unpaired) electrons. The summed E-state index contributed by atoms with van der Waals surface area (Å²) in [6.45, 7) is 3.24. The van der Waals surface area contributed by atoms with Gasteiger partial charge in [0.2, 0.25) is 20.0 Å². The van der Waals surface area contributed by atoms with E-state index in [1.54, 1.807) is 26.0 Å². The lowest BCUT2D eigenvalue weighted by Crippen LogP contribution is -2.59. The summed E-state index contributed by atoms with van der Waals surface area (Å²) in [6.07, 6.45) is 0. The summed E-state index contributed by atoms with van der Waals surface area (Å²) in [6, 6.07) is 7.76. The number of methoxy groups -OCH3 is 4. The van der Waals surface area contributed by atoms with E-state index in [0.29, 0.717) is 11.5 Å². The topological polar surface area (TPSA) is 112 Å². The van der Waals surface area contributed by atoms with Gasteiger partial charge < -0.3 is 18.9 Å². The van der Waals surface area contributed by atoms with E-state index in [-0.39, 0.29) is 34.4 Å². The quantitative estimate of drug-likeness (QED) is 0.527. The molecule has 0 N–H and O–H groups in total. The molecule has 1 aliphatic heterocycles. The van der Waals surface area contributed by atoms with Gasteiger partial charge in [0, 0.05) is 37.3 Å².